The van der Waals surface area contributed by atoms with Crippen LogP contribution < -0.4 is 21.1 Å². The maximum atomic E-state index is 13.0. The van der Waals surface area contributed by atoms with Crippen LogP contribution in [-0.2, 0) is 13.0 Å². The summed E-state index contributed by atoms with van der Waals surface area (Å²) in [6.07, 6.45) is -1.23. The number of amides is 1. The largest absolute Gasteiger partial charge is 0.495 e. The van der Waals surface area contributed by atoms with Crippen molar-refractivity contribution in [1.29, 1.82) is 0 Å². The number of alkyl halides is 3. The van der Waals surface area contributed by atoms with E-state index in [0.29, 0.717) is 24.3 Å². The Hall–Kier alpha value is -3.08. The number of carbonyl (C=O) groups is 1. The number of methoxy groups -OCH3 is 1. The first kappa shape index (κ1) is 24.1. The molecule has 0 spiro atoms. The summed E-state index contributed by atoms with van der Waals surface area (Å²) in [6, 6.07) is 3.76. The zero-order valence-corrected chi connectivity index (χ0v) is 19.2. The fourth-order valence-corrected chi connectivity index (χ4v) is 4.61. The molecule has 1 aromatic heterocycles. The molecule has 4 rings (SSSR count). The number of benzene rings is 1. The van der Waals surface area contributed by atoms with Crippen molar-refractivity contribution in [3.8, 4) is 5.75 Å². The molecule has 0 radical (unpaired) electrons. The van der Waals surface area contributed by atoms with E-state index in [4.69, 9.17) is 10.5 Å². The second-order valence-electron chi connectivity index (χ2n) is 8.99. The summed E-state index contributed by atoms with van der Waals surface area (Å²) in [7, 11) is 3.65. The number of halogens is 3. The molecule has 1 aliphatic heterocycles. The highest BCUT2D eigenvalue weighted by Crippen LogP contribution is 2.38. The number of primary amides is 1. The van der Waals surface area contributed by atoms with Crippen molar-refractivity contribution in [3.05, 3.63) is 35.0 Å². The molecule has 0 saturated heterocycles. The Morgan fingerprint density at radius 2 is 1.94 bits per heavy atom. The molecule has 34 heavy (non-hydrogen) atoms. The van der Waals surface area contributed by atoms with Crippen molar-refractivity contribution in [1.82, 2.24) is 14.9 Å². The van der Waals surface area contributed by atoms with E-state index >= 15 is 0 Å². The van der Waals surface area contributed by atoms with Crippen LogP contribution in [0.3, 0.4) is 0 Å². The van der Waals surface area contributed by atoms with Gasteiger partial charge in [-0.25, -0.2) is 4.98 Å². The molecule has 1 fully saturated rings. The quantitative estimate of drug-likeness (QED) is 0.579. The Morgan fingerprint density at radius 1 is 1.21 bits per heavy atom. The summed E-state index contributed by atoms with van der Waals surface area (Å²) in [5.41, 5.74) is 8.65. The molecule has 184 valence electrons. The Bertz CT molecular complexity index is 1050. The van der Waals surface area contributed by atoms with E-state index in [9.17, 15) is 18.0 Å². The van der Waals surface area contributed by atoms with Crippen LogP contribution in [0.4, 0.5) is 30.6 Å². The molecule has 0 atom stereocenters. The third-order valence-corrected chi connectivity index (χ3v) is 6.56. The van der Waals surface area contributed by atoms with Gasteiger partial charge in [-0.1, -0.05) is 0 Å². The molecule has 0 unspecified atom stereocenters. The number of carbonyl (C=O) groups excluding carboxylic acids is 1. The topological polar surface area (TPSA) is 105 Å². The standard InChI is InChI=1S/C23H29F3N6O2/c1-32-8-7-13-10-19(34-2)18(9-14(13)12-32)30-22-28-11-17(20(27)33)21(31-22)29-16-5-3-15(4-6-16)23(24,25)26/h9-11,15-16H,3-8,12H2,1-2H3,(H2,27,33)(H2,28,29,30,31). The van der Waals surface area contributed by atoms with Gasteiger partial charge in [0.1, 0.15) is 11.6 Å². The van der Waals surface area contributed by atoms with Crippen LogP contribution >= 0.6 is 0 Å². The van der Waals surface area contributed by atoms with Crippen molar-refractivity contribution in [2.45, 2.75) is 50.9 Å². The molecule has 2 heterocycles. The zero-order chi connectivity index (χ0) is 24.5. The van der Waals surface area contributed by atoms with E-state index in [1.165, 1.54) is 17.3 Å². The second-order valence-corrected chi connectivity index (χ2v) is 8.99. The number of ether oxygens (including phenoxy) is 1. The van der Waals surface area contributed by atoms with Gasteiger partial charge in [0.15, 0.2) is 0 Å². The Labute approximate surface area is 196 Å². The minimum atomic E-state index is -4.18. The highest BCUT2D eigenvalue weighted by molar-refractivity contribution is 5.97. The number of anilines is 3. The third-order valence-electron chi connectivity index (χ3n) is 6.56. The number of hydrogen-bond acceptors (Lipinski definition) is 7. The van der Waals surface area contributed by atoms with Crippen LogP contribution in [0.25, 0.3) is 0 Å². The van der Waals surface area contributed by atoms with Gasteiger partial charge < -0.3 is 26.0 Å². The average Bonchev–Trinajstić information content (AvgIpc) is 2.78. The molecule has 0 bridgehead atoms. The van der Waals surface area contributed by atoms with Crippen molar-refractivity contribution in [3.63, 3.8) is 0 Å². The molecule has 4 N–H and O–H groups in total. The predicted molar refractivity (Wildman–Crippen MR) is 122 cm³/mol. The van der Waals surface area contributed by atoms with Crippen LogP contribution in [0.1, 0.15) is 47.2 Å². The van der Waals surface area contributed by atoms with E-state index in [0.717, 1.165) is 19.5 Å². The van der Waals surface area contributed by atoms with Gasteiger partial charge in [-0.05, 0) is 62.4 Å². The van der Waals surface area contributed by atoms with Crippen LogP contribution in [0.15, 0.2) is 18.3 Å². The molecular formula is C23H29F3N6O2. The number of nitrogens with one attached hydrogen (secondary N) is 2. The lowest BCUT2D eigenvalue weighted by Gasteiger charge is -2.30. The summed E-state index contributed by atoms with van der Waals surface area (Å²) in [4.78, 5) is 22.8. The number of nitrogens with two attached hydrogens (primary N) is 1. The van der Waals surface area contributed by atoms with Crippen LogP contribution in [0.2, 0.25) is 0 Å². The number of hydrogen-bond donors (Lipinski definition) is 3. The SMILES string of the molecule is COc1cc2c(cc1Nc1ncc(C(N)=O)c(NC3CCC(C(F)(F)F)CC3)n1)CN(C)CC2. The summed E-state index contributed by atoms with van der Waals surface area (Å²) in [6.45, 7) is 1.78. The number of nitrogens with zero attached hydrogens (tertiary/aromatic N) is 3. The molecule has 11 heteroatoms. The van der Waals surface area contributed by atoms with E-state index in [1.807, 2.05) is 12.1 Å². The molecule has 1 saturated carbocycles. The lowest BCUT2D eigenvalue weighted by Crippen LogP contribution is -2.33. The Morgan fingerprint density at radius 3 is 2.59 bits per heavy atom. The van der Waals surface area contributed by atoms with Gasteiger partial charge in [0.2, 0.25) is 5.95 Å². The summed E-state index contributed by atoms with van der Waals surface area (Å²) >= 11 is 0. The lowest BCUT2D eigenvalue weighted by molar-refractivity contribution is -0.182. The van der Waals surface area contributed by atoms with Crippen molar-refractivity contribution in [2.24, 2.45) is 11.7 Å². The van der Waals surface area contributed by atoms with Gasteiger partial charge in [0, 0.05) is 25.3 Å². The Balaban J connectivity index is 1.55. The van der Waals surface area contributed by atoms with Crippen LogP contribution in [0.5, 0.6) is 5.75 Å². The molecular weight excluding hydrogens is 449 g/mol. The predicted octanol–water partition coefficient (Wildman–Crippen LogP) is 3.85. The lowest BCUT2D eigenvalue weighted by atomic mass is 9.85. The van der Waals surface area contributed by atoms with E-state index in [1.54, 1.807) is 7.11 Å². The minimum Gasteiger partial charge on any atom is -0.495 e. The molecule has 2 aromatic rings. The fourth-order valence-electron chi connectivity index (χ4n) is 4.61. The van der Waals surface area contributed by atoms with Crippen molar-refractivity contribution in [2.75, 3.05) is 31.3 Å². The van der Waals surface area contributed by atoms with Gasteiger partial charge in [-0.2, -0.15) is 18.2 Å². The maximum absolute atomic E-state index is 13.0. The van der Waals surface area contributed by atoms with Crippen molar-refractivity contribution < 1.29 is 22.7 Å². The number of rotatable bonds is 6. The molecule has 1 amide bonds. The van der Waals surface area contributed by atoms with Gasteiger partial charge >= 0.3 is 6.18 Å². The summed E-state index contributed by atoms with van der Waals surface area (Å²) in [5.74, 6) is -0.936. The van der Waals surface area contributed by atoms with Crippen LogP contribution in [-0.4, -0.2) is 53.7 Å². The van der Waals surface area contributed by atoms with E-state index in [-0.39, 0.29) is 36.2 Å². The highest BCUT2D eigenvalue weighted by atomic mass is 19.4. The first-order valence-corrected chi connectivity index (χ1v) is 11.3. The highest BCUT2D eigenvalue weighted by Gasteiger charge is 2.41. The van der Waals surface area contributed by atoms with Gasteiger partial charge in [0.05, 0.1) is 24.3 Å². The first-order chi connectivity index (χ1) is 16.1. The monoisotopic (exact) mass is 478 g/mol. The second kappa shape index (κ2) is 9.65. The van der Waals surface area contributed by atoms with Crippen molar-refractivity contribution >= 4 is 23.4 Å². The maximum Gasteiger partial charge on any atom is 0.391 e. The first-order valence-electron chi connectivity index (χ1n) is 11.3. The summed E-state index contributed by atoms with van der Waals surface area (Å²) < 4.78 is 44.5. The van der Waals surface area contributed by atoms with Gasteiger partial charge in [-0.15, -0.1) is 0 Å². The number of aromatic nitrogens is 2. The Kier molecular flexibility index (Phi) is 6.83. The van der Waals surface area contributed by atoms with Gasteiger partial charge in [0.25, 0.3) is 5.91 Å². The minimum absolute atomic E-state index is 0.0318. The normalized spacial score (nSPS) is 21.0. The smallest absolute Gasteiger partial charge is 0.391 e. The molecule has 2 aliphatic rings. The number of likely N-dealkylation sites (N-methyl/N-ethyl adjacent to an activating group) is 1. The van der Waals surface area contributed by atoms with Crippen LogP contribution in [0, 0.1) is 5.92 Å². The van der Waals surface area contributed by atoms with Gasteiger partial charge in [-0.3, -0.25) is 4.79 Å². The van der Waals surface area contributed by atoms with E-state index < -0.39 is 18.0 Å². The average molecular weight is 479 g/mol. The van der Waals surface area contributed by atoms with E-state index in [2.05, 4.69) is 32.5 Å². The molecule has 1 aromatic carbocycles. The number of fused-ring (bicyclic) bond motifs is 1. The molecule has 1 aliphatic carbocycles. The third kappa shape index (κ3) is 5.35. The fraction of sp³-hybridized carbons (Fsp3) is 0.522. The summed E-state index contributed by atoms with van der Waals surface area (Å²) in [5, 5.41) is 6.27. The molecule has 8 nitrogen and oxygen atoms in total. The zero-order valence-electron chi connectivity index (χ0n) is 19.2.